The first-order valence-electron chi connectivity index (χ1n) is 5.62. The molecule has 0 radical (unpaired) electrons. The van der Waals surface area contributed by atoms with Gasteiger partial charge in [-0.05, 0) is 19.9 Å². The maximum absolute atomic E-state index is 10.3. The molecule has 0 aliphatic heterocycles. The summed E-state index contributed by atoms with van der Waals surface area (Å²) in [6.45, 7) is 3.49. The third kappa shape index (κ3) is 2.86. The smallest absolute Gasteiger partial charge is 0.164 e. The zero-order chi connectivity index (χ0) is 13.9. The van der Waals surface area contributed by atoms with Crippen LogP contribution in [0.5, 0.6) is 17.2 Å². The lowest BCUT2D eigenvalue weighted by Gasteiger charge is -2.28. The number of hydrogen-bond donors (Lipinski definition) is 2. The van der Waals surface area contributed by atoms with Crippen molar-refractivity contribution in [1.29, 1.82) is 0 Å². The Morgan fingerprint density at radius 3 is 1.83 bits per heavy atom. The van der Waals surface area contributed by atoms with Gasteiger partial charge >= 0.3 is 0 Å². The second kappa shape index (κ2) is 5.46. The molecule has 5 heteroatoms. The SMILES string of the molecule is COc1cc(OC)c(C(O)C(C)(C)N)cc1OC. The lowest BCUT2D eigenvalue weighted by Crippen LogP contribution is -2.39. The van der Waals surface area contributed by atoms with Gasteiger partial charge in [0.1, 0.15) is 11.9 Å². The number of benzene rings is 1. The van der Waals surface area contributed by atoms with Crippen LogP contribution in [-0.2, 0) is 0 Å². The Labute approximate surface area is 107 Å². The van der Waals surface area contributed by atoms with E-state index in [1.807, 2.05) is 0 Å². The van der Waals surface area contributed by atoms with Gasteiger partial charge in [-0.15, -0.1) is 0 Å². The summed E-state index contributed by atoms with van der Waals surface area (Å²) in [5.41, 5.74) is 5.71. The summed E-state index contributed by atoms with van der Waals surface area (Å²) >= 11 is 0. The molecule has 3 N–H and O–H groups in total. The van der Waals surface area contributed by atoms with E-state index in [1.165, 1.54) is 14.2 Å². The van der Waals surface area contributed by atoms with Crippen LogP contribution in [0.4, 0.5) is 0 Å². The molecule has 1 rings (SSSR count). The lowest BCUT2D eigenvalue weighted by atomic mass is 9.91. The van der Waals surface area contributed by atoms with Crippen LogP contribution in [0.25, 0.3) is 0 Å². The third-order valence-corrected chi connectivity index (χ3v) is 2.74. The molecule has 0 bridgehead atoms. The van der Waals surface area contributed by atoms with Crippen molar-refractivity contribution in [2.45, 2.75) is 25.5 Å². The highest BCUT2D eigenvalue weighted by atomic mass is 16.5. The third-order valence-electron chi connectivity index (χ3n) is 2.74. The van der Waals surface area contributed by atoms with Crippen molar-refractivity contribution >= 4 is 0 Å². The van der Waals surface area contributed by atoms with E-state index in [-0.39, 0.29) is 0 Å². The minimum Gasteiger partial charge on any atom is -0.496 e. The molecular weight excluding hydrogens is 234 g/mol. The summed E-state index contributed by atoms with van der Waals surface area (Å²) in [5.74, 6) is 1.58. The Kier molecular flexibility index (Phi) is 4.43. The topological polar surface area (TPSA) is 73.9 Å². The molecule has 0 aliphatic rings. The van der Waals surface area contributed by atoms with Crippen LogP contribution in [0.2, 0.25) is 0 Å². The number of aliphatic hydroxyl groups is 1. The van der Waals surface area contributed by atoms with Gasteiger partial charge in [0.05, 0.1) is 21.3 Å². The Hall–Kier alpha value is -1.46. The van der Waals surface area contributed by atoms with Crippen LogP contribution >= 0.6 is 0 Å². The molecule has 1 aromatic rings. The van der Waals surface area contributed by atoms with E-state index in [0.29, 0.717) is 22.8 Å². The van der Waals surface area contributed by atoms with Crippen molar-refractivity contribution in [3.05, 3.63) is 17.7 Å². The first-order chi connectivity index (χ1) is 8.35. The van der Waals surface area contributed by atoms with Crippen molar-refractivity contribution in [2.75, 3.05) is 21.3 Å². The van der Waals surface area contributed by atoms with Crippen molar-refractivity contribution in [3.8, 4) is 17.2 Å². The first-order valence-corrected chi connectivity index (χ1v) is 5.62. The summed E-state index contributed by atoms with van der Waals surface area (Å²) in [6.07, 6.45) is -0.868. The molecule has 0 heterocycles. The van der Waals surface area contributed by atoms with Crippen molar-refractivity contribution in [2.24, 2.45) is 5.73 Å². The number of hydrogen-bond acceptors (Lipinski definition) is 5. The largest absolute Gasteiger partial charge is 0.496 e. The highest BCUT2D eigenvalue weighted by molar-refractivity contribution is 5.52. The predicted molar refractivity (Wildman–Crippen MR) is 69.3 cm³/mol. The van der Waals surface area contributed by atoms with E-state index in [9.17, 15) is 5.11 Å². The second-order valence-corrected chi connectivity index (χ2v) is 4.67. The molecule has 0 saturated carbocycles. The highest BCUT2D eigenvalue weighted by Gasteiger charge is 2.28. The fraction of sp³-hybridized carbons (Fsp3) is 0.538. The number of ether oxygens (including phenoxy) is 3. The van der Waals surface area contributed by atoms with E-state index in [4.69, 9.17) is 19.9 Å². The van der Waals surface area contributed by atoms with Crippen molar-refractivity contribution in [3.63, 3.8) is 0 Å². The van der Waals surface area contributed by atoms with Gasteiger partial charge in [-0.25, -0.2) is 0 Å². The normalized spacial score (nSPS) is 13.1. The lowest BCUT2D eigenvalue weighted by molar-refractivity contribution is 0.101. The van der Waals surface area contributed by atoms with Gasteiger partial charge in [0, 0.05) is 17.2 Å². The minimum absolute atomic E-state index is 0.513. The summed E-state index contributed by atoms with van der Waals surface area (Å²) in [4.78, 5) is 0. The monoisotopic (exact) mass is 255 g/mol. The molecule has 0 aromatic heterocycles. The highest BCUT2D eigenvalue weighted by Crippen LogP contribution is 2.39. The molecule has 1 unspecified atom stereocenters. The van der Waals surface area contributed by atoms with Gasteiger partial charge in [-0.1, -0.05) is 0 Å². The van der Waals surface area contributed by atoms with Crippen LogP contribution < -0.4 is 19.9 Å². The Morgan fingerprint density at radius 2 is 1.44 bits per heavy atom. The number of nitrogens with two attached hydrogens (primary N) is 1. The van der Waals surface area contributed by atoms with Gasteiger partial charge in [-0.2, -0.15) is 0 Å². The first kappa shape index (κ1) is 14.6. The number of methoxy groups -OCH3 is 3. The predicted octanol–water partition coefficient (Wildman–Crippen LogP) is 1.48. The van der Waals surface area contributed by atoms with Crippen LogP contribution in [0.1, 0.15) is 25.5 Å². The maximum Gasteiger partial charge on any atom is 0.164 e. The van der Waals surface area contributed by atoms with Gasteiger partial charge in [0.15, 0.2) is 11.5 Å². The standard InChI is InChI=1S/C13H21NO4/c1-13(2,14)12(15)8-6-10(17-4)11(18-5)7-9(8)16-3/h6-7,12,15H,14H2,1-5H3. The Balaban J connectivity index is 3.34. The maximum atomic E-state index is 10.3. The van der Waals surface area contributed by atoms with Crippen LogP contribution in [0.15, 0.2) is 12.1 Å². The molecule has 5 nitrogen and oxygen atoms in total. The average molecular weight is 255 g/mol. The second-order valence-electron chi connectivity index (χ2n) is 4.67. The van der Waals surface area contributed by atoms with E-state index in [2.05, 4.69) is 0 Å². The summed E-state index contributed by atoms with van der Waals surface area (Å²) < 4.78 is 15.6. The van der Waals surface area contributed by atoms with Crippen molar-refractivity contribution < 1.29 is 19.3 Å². The van der Waals surface area contributed by atoms with E-state index in [0.717, 1.165) is 0 Å². The quantitative estimate of drug-likeness (QED) is 0.833. The molecule has 0 fully saturated rings. The van der Waals surface area contributed by atoms with Crippen LogP contribution in [0, 0.1) is 0 Å². The Bertz CT molecular complexity index is 412. The molecule has 1 aromatic carbocycles. The van der Waals surface area contributed by atoms with Gasteiger partial charge in [0.25, 0.3) is 0 Å². The van der Waals surface area contributed by atoms with E-state index < -0.39 is 11.6 Å². The molecule has 0 saturated heterocycles. The summed E-state index contributed by atoms with van der Waals surface area (Å²) in [5, 5.41) is 10.3. The zero-order valence-electron chi connectivity index (χ0n) is 11.5. The van der Waals surface area contributed by atoms with Crippen LogP contribution in [-0.4, -0.2) is 32.0 Å². The summed E-state index contributed by atoms with van der Waals surface area (Å²) in [6, 6.07) is 3.35. The molecular formula is C13H21NO4. The van der Waals surface area contributed by atoms with E-state index >= 15 is 0 Å². The molecule has 0 amide bonds. The average Bonchev–Trinajstić information content (AvgIpc) is 2.34. The Morgan fingerprint density at radius 1 is 1.00 bits per heavy atom. The molecule has 102 valence electrons. The number of aliphatic hydroxyl groups excluding tert-OH is 1. The summed E-state index contributed by atoms with van der Waals surface area (Å²) in [7, 11) is 4.61. The molecule has 1 atom stereocenters. The minimum atomic E-state index is -0.868. The van der Waals surface area contributed by atoms with Gasteiger partial charge < -0.3 is 25.1 Å². The van der Waals surface area contributed by atoms with Crippen molar-refractivity contribution in [1.82, 2.24) is 0 Å². The fourth-order valence-corrected chi connectivity index (χ4v) is 1.67. The molecule has 18 heavy (non-hydrogen) atoms. The zero-order valence-corrected chi connectivity index (χ0v) is 11.5. The van der Waals surface area contributed by atoms with Gasteiger partial charge in [0.2, 0.25) is 0 Å². The van der Waals surface area contributed by atoms with E-state index in [1.54, 1.807) is 33.1 Å². The molecule has 0 aliphatic carbocycles. The van der Waals surface area contributed by atoms with Crippen LogP contribution in [0.3, 0.4) is 0 Å². The fourth-order valence-electron chi connectivity index (χ4n) is 1.67. The number of rotatable bonds is 5. The van der Waals surface area contributed by atoms with Gasteiger partial charge in [-0.3, -0.25) is 0 Å². The molecule has 0 spiro atoms.